The minimum atomic E-state index is -0.594. The molecule has 1 amide bonds. The van der Waals surface area contributed by atoms with Crippen molar-refractivity contribution in [3.05, 3.63) is 81.5 Å². The average Bonchev–Trinajstić information content (AvgIpc) is 2.96. The molecule has 4 aromatic rings. The highest BCUT2D eigenvalue weighted by Crippen LogP contribution is 2.36. The monoisotopic (exact) mass is 614 g/mol. The maximum atomic E-state index is 14.1. The zero-order valence-corrected chi connectivity index (χ0v) is 27.1. The molecule has 0 bridgehead atoms. The molecule has 1 atom stereocenters. The van der Waals surface area contributed by atoms with E-state index in [4.69, 9.17) is 21.3 Å². The largest absolute Gasteiger partial charge is 0.444 e. The van der Waals surface area contributed by atoms with E-state index in [-0.39, 0.29) is 18.1 Å². The molecular weight excluding hydrogens is 576 g/mol. The predicted octanol–water partition coefficient (Wildman–Crippen LogP) is 7.02. The molecule has 1 saturated heterocycles. The lowest BCUT2D eigenvalue weighted by molar-refractivity contribution is 0.0218. The molecule has 0 spiro atoms. The number of halogens is 1. The van der Waals surface area contributed by atoms with E-state index >= 15 is 0 Å². The molecule has 1 aliphatic heterocycles. The fourth-order valence-electron chi connectivity index (χ4n) is 5.66. The van der Waals surface area contributed by atoms with E-state index in [1.54, 1.807) is 21.7 Å². The number of anilines is 1. The number of amides is 1. The third-order valence-electron chi connectivity index (χ3n) is 7.71. The van der Waals surface area contributed by atoms with Gasteiger partial charge in [0.15, 0.2) is 5.65 Å². The Balaban J connectivity index is 1.74. The number of fused-ring (bicyclic) bond motifs is 1. The van der Waals surface area contributed by atoms with Gasteiger partial charge in [0.25, 0.3) is 0 Å². The van der Waals surface area contributed by atoms with Gasteiger partial charge >= 0.3 is 11.8 Å². The molecular formula is C34H39ClN6O3. The molecule has 0 N–H and O–H groups in total. The Hall–Kier alpha value is -4.24. The van der Waals surface area contributed by atoms with E-state index in [1.807, 2.05) is 89.8 Å². The molecule has 44 heavy (non-hydrogen) atoms. The molecule has 5 rings (SSSR count). The van der Waals surface area contributed by atoms with E-state index in [2.05, 4.69) is 16.5 Å². The number of pyridine rings is 2. The van der Waals surface area contributed by atoms with Gasteiger partial charge < -0.3 is 14.5 Å². The Bertz CT molecular complexity index is 1810. The lowest BCUT2D eigenvalue weighted by Gasteiger charge is -2.41. The summed E-state index contributed by atoms with van der Waals surface area (Å²) in [4.78, 5) is 45.1. The van der Waals surface area contributed by atoms with Gasteiger partial charge in [0.05, 0.1) is 27.5 Å². The topological polar surface area (TPSA) is 93.5 Å². The molecule has 0 saturated carbocycles. The van der Waals surface area contributed by atoms with Crippen molar-refractivity contribution in [2.45, 2.75) is 66.0 Å². The van der Waals surface area contributed by atoms with Crippen LogP contribution in [0.25, 0.3) is 34.1 Å². The van der Waals surface area contributed by atoms with Crippen LogP contribution in [0.3, 0.4) is 0 Å². The number of carbonyl (C=O) groups excluding carboxylic acids is 1. The van der Waals surface area contributed by atoms with Crippen LogP contribution >= 0.6 is 11.6 Å². The molecule has 230 valence electrons. The lowest BCUT2D eigenvalue weighted by Crippen LogP contribution is -2.55. The summed E-state index contributed by atoms with van der Waals surface area (Å²) in [5.74, 6) is 0.518. The number of benzene rings is 1. The van der Waals surface area contributed by atoms with Gasteiger partial charge in [0, 0.05) is 37.4 Å². The summed E-state index contributed by atoms with van der Waals surface area (Å²) in [7, 11) is 0. The Labute approximate surface area is 263 Å². The number of carbonyl (C=O) groups is 1. The second-order valence-corrected chi connectivity index (χ2v) is 12.9. The zero-order valence-electron chi connectivity index (χ0n) is 26.4. The number of hydrogen-bond acceptors (Lipinski definition) is 7. The van der Waals surface area contributed by atoms with Gasteiger partial charge in [-0.25, -0.2) is 19.1 Å². The first-order valence-electron chi connectivity index (χ1n) is 14.9. The number of piperazine rings is 1. The van der Waals surface area contributed by atoms with Crippen molar-refractivity contribution >= 4 is 40.6 Å². The molecule has 3 aromatic heterocycles. The zero-order chi connectivity index (χ0) is 31.9. The van der Waals surface area contributed by atoms with Crippen LogP contribution in [0.2, 0.25) is 5.02 Å². The second-order valence-electron chi connectivity index (χ2n) is 12.5. The van der Waals surface area contributed by atoms with E-state index < -0.39 is 11.3 Å². The standard InChI is InChI=1S/C34H39ClN6O3/c1-9-23-12-10-11-13-24(23)28-26(35)18-25-30(40-17-16-39(19-22(40)5)33(43)44-34(6,7)8)38-32(42)41(31(25)37-28)29-21(4)14-15-36-27(29)20(2)3/h9-15,18,20,22H,1,16-17,19H2,2-8H3/t22-/m0/s1. The van der Waals surface area contributed by atoms with E-state index in [0.29, 0.717) is 52.9 Å². The number of aryl methyl sites for hydroxylation is 1. The molecule has 0 radical (unpaired) electrons. The average molecular weight is 615 g/mol. The van der Waals surface area contributed by atoms with Crippen molar-refractivity contribution in [1.82, 2.24) is 24.4 Å². The highest BCUT2D eigenvalue weighted by Gasteiger charge is 2.33. The Morgan fingerprint density at radius 1 is 1.16 bits per heavy atom. The Morgan fingerprint density at radius 3 is 2.55 bits per heavy atom. The maximum Gasteiger partial charge on any atom is 0.410 e. The normalized spacial score (nSPS) is 15.6. The van der Waals surface area contributed by atoms with Crippen LogP contribution in [-0.4, -0.2) is 61.8 Å². The van der Waals surface area contributed by atoms with Gasteiger partial charge in [0.2, 0.25) is 0 Å². The quantitative estimate of drug-likeness (QED) is 0.238. The van der Waals surface area contributed by atoms with E-state index in [9.17, 15) is 9.59 Å². The molecule has 4 heterocycles. The van der Waals surface area contributed by atoms with Gasteiger partial charge in [-0.1, -0.05) is 62.4 Å². The molecule has 10 heteroatoms. The van der Waals surface area contributed by atoms with Crippen LogP contribution in [0.15, 0.2) is 54.0 Å². The van der Waals surface area contributed by atoms with Crippen LogP contribution in [-0.2, 0) is 4.74 Å². The Morgan fingerprint density at radius 2 is 1.89 bits per heavy atom. The second kappa shape index (κ2) is 12.0. The summed E-state index contributed by atoms with van der Waals surface area (Å²) in [6.07, 6.45) is 3.16. The van der Waals surface area contributed by atoms with Crippen LogP contribution in [0.5, 0.6) is 0 Å². The SMILES string of the molecule is C=Cc1ccccc1-c1nc2c(cc1Cl)c(N1CCN(C(=O)OC(C)(C)C)C[C@@H]1C)nc(=O)n2-c1c(C)ccnc1C(C)C. The fraction of sp³-hybridized carbons (Fsp3) is 0.382. The molecule has 1 aliphatic rings. The first kappa shape index (κ1) is 31.2. The number of nitrogens with zero attached hydrogens (tertiary/aromatic N) is 6. The van der Waals surface area contributed by atoms with E-state index in [1.165, 1.54) is 0 Å². The number of ether oxygens (including phenoxy) is 1. The first-order valence-corrected chi connectivity index (χ1v) is 15.2. The smallest absolute Gasteiger partial charge is 0.410 e. The van der Waals surface area contributed by atoms with Crippen LogP contribution in [0.4, 0.5) is 10.6 Å². The summed E-state index contributed by atoms with van der Waals surface area (Å²) < 4.78 is 7.18. The van der Waals surface area contributed by atoms with Crippen molar-refractivity contribution in [2.75, 3.05) is 24.5 Å². The maximum absolute atomic E-state index is 14.1. The Kier molecular flexibility index (Phi) is 8.53. The third kappa shape index (κ3) is 5.93. The van der Waals surface area contributed by atoms with Gasteiger partial charge in [-0.2, -0.15) is 4.98 Å². The molecule has 0 unspecified atom stereocenters. The van der Waals surface area contributed by atoms with Gasteiger partial charge in [0.1, 0.15) is 11.4 Å². The molecule has 0 aliphatic carbocycles. The number of rotatable bonds is 5. The van der Waals surface area contributed by atoms with Crippen molar-refractivity contribution in [2.24, 2.45) is 0 Å². The van der Waals surface area contributed by atoms with Crippen molar-refractivity contribution in [3.8, 4) is 16.9 Å². The van der Waals surface area contributed by atoms with Crippen LogP contribution in [0, 0.1) is 6.92 Å². The lowest BCUT2D eigenvalue weighted by atomic mass is 10.0. The van der Waals surface area contributed by atoms with E-state index in [0.717, 1.165) is 22.4 Å². The third-order valence-corrected chi connectivity index (χ3v) is 8.00. The summed E-state index contributed by atoms with van der Waals surface area (Å²) in [5, 5.41) is 1.05. The predicted molar refractivity (Wildman–Crippen MR) is 177 cm³/mol. The summed E-state index contributed by atoms with van der Waals surface area (Å²) in [6, 6.07) is 11.3. The van der Waals surface area contributed by atoms with Crippen LogP contribution < -0.4 is 10.6 Å². The van der Waals surface area contributed by atoms with Crippen LogP contribution in [0.1, 0.15) is 64.3 Å². The number of hydrogen-bond donors (Lipinski definition) is 0. The molecule has 1 fully saturated rings. The summed E-state index contributed by atoms with van der Waals surface area (Å²) >= 11 is 6.98. The summed E-state index contributed by atoms with van der Waals surface area (Å²) in [5.41, 5.74) is 3.90. The highest BCUT2D eigenvalue weighted by molar-refractivity contribution is 6.34. The minimum absolute atomic E-state index is 0.0424. The van der Waals surface area contributed by atoms with Gasteiger partial charge in [-0.05, 0) is 63.8 Å². The van der Waals surface area contributed by atoms with Gasteiger partial charge in [-0.3, -0.25) is 4.98 Å². The molecule has 1 aromatic carbocycles. The van der Waals surface area contributed by atoms with Gasteiger partial charge in [-0.15, -0.1) is 0 Å². The summed E-state index contributed by atoms with van der Waals surface area (Å²) in [6.45, 7) is 18.8. The van der Waals surface area contributed by atoms with Crippen molar-refractivity contribution in [3.63, 3.8) is 0 Å². The first-order chi connectivity index (χ1) is 20.8. The van der Waals surface area contributed by atoms with Crippen molar-refractivity contribution < 1.29 is 9.53 Å². The minimum Gasteiger partial charge on any atom is -0.444 e. The fourth-order valence-corrected chi connectivity index (χ4v) is 5.91. The molecule has 9 nitrogen and oxygen atoms in total. The number of aromatic nitrogens is 4. The highest BCUT2D eigenvalue weighted by atomic mass is 35.5. The van der Waals surface area contributed by atoms with Crippen molar-refractivity contribution in [1.29, 1.82) is 0 Å².